The average Bonchev–Trinajstić information content (AvgIpc) is 2.77. The highest BCUT2D eigenvalue weighted by atomic mass is 35.5. The predicted molar refractivity (Wildman–Crippen MR) is 68.5 cm³/mol. The number of aromatic nitrogens is 2. The second kappa shape index (κ2) is 5.65. The highest BCUT2D eigenvalue weighted by Gasteiger charge is 2.27. The molecule has 0 aliphatic heterocycles. The summed E-state index contributed by atoms with van der Waals surface area (Å²) in [4.78, 5) is 8.29. The van der Waals surface area contributed by atoms with E-state index in [2.05, 4.69) is 22.2 Å². The highest BCUT2D eigenvalue weighted by molar-refractivity contribution is 6.30. The van der Waals surface area contributed by atoms with Crippen LogP contribution in [0.15, 0.2) is 6.33 Å². The van der Waals surface area contributed by atoms with Crippen molar-refractivity contribution in [3.8, 4) is 0 Å². The van der Waals surface area contributed by atoms with Crippen molar-refractivity contribution < 1.29 is 4.74 Å². The van der Waals surface area contributed by atoms with E-state index in [9.17, 15) is 0 Å². The van der Waals surface area contributed by atoms with Crippen LogP contribution in [0.3, 0.4) is 0 Å². The van der Waals surface area contributed by atoms with Crippen molar-refractivity contribution in [2.75, 3.05) is 12.4 Å². The molecule has 1 aliphatic carbocycles. The van der Waals surface area contributed by atoms with Gasteiger partial charge in [0, 0.05) is 12.7 Å². The fraction of sp³-hybridized carbons (Fsp3) is 0.667. The Morgan fingerprint density at radius 2 is 2.29 bits per heavy atom. The number of halogens is 1. The molecule has 1 N–H and O–H groups in total. The Kier molecular flexibility index (Phi) is 4.18. The zero-order valence-corrected chi connectivity index (χ0v) is 11.0. The molecule has 2 unspecified atom stereocenters. The molecular weight excluding hydrogens is 238 g/mol. The Bertz CT molecular complexity index is 386. The predicted octanol–water partition coefficient (Wildman–Crippen LogP) is 2.67. The smallest absolute Gasteiger partial charge is 0.137 e. The summed E-state index contributed by atoms with van der Waals surface area (Å²) >= 11 is 6.06. The molecule has 0 radical (unpaired) electrons. The summed E-state index contributed by atoms with van der Waals surface area (Å²) in [5, 5.41) is 3.98. The van der Waals surface area contributed by atoms with Gasteiger partial charge in [0.2, 0.25) is 0 Å². The number of nitrogens with one attached hydrogen (secondary N) is 1. The zero-order valence-electron chi connectivity index (χ0n) is 10.2. The molecule has 1 aromatic rings. The summed E-state index contributed by atoms with van der Waals surface area (Å²) in [6, 6.07) is 0.330. The number of nitrogens with zero attached hydrogens (tertiary/aromatic N) is 2. The first-order valence-electron chi connectivity index (χ1n) is 6.05. The minimum Gasteiger partial charge on any atom is -0.379 e. The maximum Gasteiger partial charge on any atom is 0.137 e. The van der Waals surface area contributed by atoms with Crippen LogP contribution in [0.5, 0.6) is 0 Å². The fourth-order valence-electron chi connectivity index (χ4n) is 2.38. The Morgan fingerprint density at radius 1 is 1.47 bits per heavy atom. The molecular formula is C12H18ClN3O. The van der Waals surface area contributed by atoms with Gasteiger partial charge in [0.25, 0.3) is 0 Å². The van der Waals surface area contributed by atoms with Crippen LogP contribution in [0.2, 0.25) is 5.15 Å². The molecule has 5 heteroatoms. The molecule has 2 rings (SSSR count). The first kappa shape index (κ1) is 12.6. The Hall–Kier alpha value is -0.870. The summed E-state index contributed by atoms with van der Waals surface area (Å²) in [5.41, 5.74) is 0.982. The van der Waals surface area contributed by atoms with E-state index in [1.165, 1.54) is 12.7 Å². The summed E-state index contributed by atoms with van der Waals surface area (Å²) in [7, 11) is 1.76. The lowest BCUT2D eigenvalue weighted by molar-refractivity contribution is 0.101. The second-order valence-corrected chi connectivity index (χ2v) is 4.66. The third-order valence-electron chi connectivity index (χ3n) is 3.32. The maximum absolute atomic E-state index is 6.06. The van der Waals surface area contributed by atoms with Crippen molar-refractivity contribution >= 4 is 17.4 Å². The van der Waals surface area contributed by atoms with Gasteiger partial charge in [-0.25, -0.2) is 9.97 Å². The first-order chi connectivity index (χ1) is 8.26. The number of rotatable bonds is 4. The van der Waals surface area contributed by atoms with Crippen LogP contribution >= 0.6 is 11.6 Å². The van der Waals surface area contributed by atoms with Crippen LogP contribution in [0.4, 0.5) is 5.82 Å². The topological polar surface area (TPSA) is 47.0 Å². The molecule has 1 fully saturated rings. The van der Waals surface area contributed by atoms with Crippen LogP contribution in [-0.4, -0.2) is 29.2 Å². The Morgan fingerprint density at radius 3 is 3.00 bits per heavy atom. The van der Waals surface area contributed by atoms with Crippen molar-refractivity contribution in [1.29, 1.82) is 0 Å². The summed E-state index contributed by atoms with van der Waals surface area (Å²) < 4.78 is 5.46. The molecule has 94 valence electrons. The summed E-state index contributed by atoms with van der Waals surface area (Å²) in [6.45, 7) is 2.05. The highest BCUT2D eigenvalue weighted by Crippen LogP contribution is 2.27. The largest absolute Gasteiger partial charge is 0.379 e. The maximum atomic E-state index is 6.06. The van der Waals surface area contributed by atoms with E-state index < -0.39 is 0 Å². The van der Waals surface area contributed by atoms with Gasteiger partial charge in [-0.3, -0.25) is 0 Å². The number of hydrogen-bond donors (Lipinski definition) is 1. The van der Waals surface area contributed by atoms with Crippen molar-refractivity contribution in [1.82, 2.24) is 9.97 Å². The second-order valence-electron chi connectivity index (χ2n) is 4.30. The molecule has 1 saturated carbocycles. The molecule has 0 saturated heterocycles. The van der Waals surface area contributed by atoms with Gasteiger partial charge in [0.1, 0.15) is 17.3 Å². The van der Waals surface area contributed by atoms with Gasteiger partial charge >= 0.3 is 0 Å². The van der Waals surface area contributed by atoms with Gasteiger partial charge in [-0.1, -0.05) is 18.5 Å². The van der Waals surface area contributed by atoms with Crippen molar-refractivity contribution in [2.24, 2.45) is 0 Å². The SMILES string of the molecule is CCc1c(Cl)ncnc1NC1CCCC1OC. The molecule has 1 aliphatic rings. The summed E-state index contributed by atoms with van der Waals surface area (Å²) in [6.07, 6.45) is 6.01. The van der Waals surface area contributed by atoms with E-state index in [0.717, 1.165) is 30.6 Å². The van der Waals surface area contributed by atoms with Crippen LogP contribution in [0, 0.1) is 0 Å². The lowest BCUT2D eigenvalue weighted by Crippen LogP contribution is -2.30. The van der Waals surface area contributed by atoms with Crippen LogP contribution in [0.25, 0.3) is 0 Å². The Labute approximate surface area is 107 Å². The zero-order chi connectivity index (χ0) is 12.3. The number of anilines is 1. The van der Waals surface area contributed by atoms with E-state index in [-0.39, 0.29) is 6.10 Å². The monoisotopic (exact) mass is 255 g/mol. The molecule has 0 spiro atoms. The van der Waals surface area contributed by atoms with Crippen LogP contribution in [-0.2, 0) is 11.2 Å². The minimum absolute atomic E-state index is 0.272. The first-order valence-corrected chi connectivity index (χ1v) is 6.42. The third kappa shape index (κ3) is 2.69. The quantitative estimate of drug-likeness (QED) is 0.841. The standard InChI is InChI=1S/C12H18ClN3O/c1-3-8-11(13)14-7-15-12(8)16-9-5-4-6-10(9)17-2/h7,9-10H,3-6H2,1-2H3,(H,14,15,16). The van der Waals surface area contributed by atoms with Crippen LogP contribution < -0.4 is 5.32 Å². The number of methoxy groups -OCH3 is 1. The molecule has 4 nitrogen and oxygen atoms in total. The third-order valence-corrected chi connectivity index (χ3v) is 3.65. The van der Waals surface area contributed by atoms with Crippen molar-refractivity contribution in [3.05, 3.63) is 17.0 Å². The van der Waals surface area contributed by atoms with Crippen molar-refractivity contribution in [3.63, 3.8) is 0 Å². The van der Waals surface area contributed by atoms with Crippen molar-refractivity contribution in [2.45, 2.75) is 44.8 Å². The van der Waals surface area contributed by atoms with Gasteiger partial charge in [-0.2, -0.15) is 0 Å². The van der Waals surface area contributed by atoms with E-state index in [4.69, 9.17) is 16.3 Å². The minimum atomic E-state index is 0.272. The van der Waals surface area contributed by atoms with Crippen LogP contribution in [0.1, 0.15) is 31.7 Å². The average molecular weight is 256 g/mol. The molecule has 1 aromatic heterocycles. The number of ether oxygens (including phenoxy) is 1. The molecule has 2 atom stereocenters. The lowest BCUT2D eigenvalue weighted by Gasteiger charge is -2.21. The molecule has 0 aromatic carbocycles. The molecule has 17 heavy (non-hydrogen) atoms. The van der Waals surface area contributed by atoms with Gasteiger partial charge < -0.3 is 10.1 Å². The van der Waals surface area contributed by atoms with Gasteiger partial charge in [-0.15, -0.1) is 0 Å². The number of hydrogen-bond acceptors (Lipinski definition) is 4. The Balaban J connectivity index is 2.15. The molecule has 0 bridgehead atoms. The van der Waals surface area contributed by atoms with Gasteiger partial charge in [-0.05, 0) is 25.7 Å². The normalized spacial score (nSPS) is 23.9. The lowest BCUT2D eigenvalue weighted by atomic mass is 10.2. The van der Waals surface area contributed by atoms with E-state index in [0.29, 0.717) is 11.2 Å². The summed E-state index contributed by atoms with van der Waals surface area (Å²) in [5.74, 6) is 0.849. The van der Waals surface area contributed by atoms with Gasteiger partial charge in [0.05, 0.1) is 12.1 Å². The molecule has 1 heterocycles. The van der Waals surface area contributed by atoms with E-state index in [1.54, 1.807) is 7.11 Å². The van der Waals surface area contributed by atoms with E-state index >= 15 is 0 Å². The van der Waals surface area contributed by atoms with Gasteiger partial charge in [0.15, 0.2) is 0 Å². The molecule has 0 amide bonds. The van der Waals surface area contributed by atoms with E-state index in [1.807, 2.05) is 0 Å². The fourth-order valence-corrected chi connectivity index (χ4v) is 2.64.